The average Bonchev–Trinajstić information content (AvgIpc) is 2.37. The molecule has 0 radical (unpaired) electrons. The molecule has 102 valence electrons. The molecular weight excluding hydrogens is 349 g/mol. The largest absolute Gasteiger partial charge is 0.385 e. The van der Waals surface area contributed by atoms with Gasteiger partial charge in [0.1, 0.15) is 9.39 Å². The molecule has 0 saturated carbocycles. The molecule has 0 aliphatic heterocycles. The van der Waals surface area contributed by atoms with Gasteiger partial charge in [0, 0.05) is 33.9 Å². The van der Waals surface area contributed by atoms with Crippen LogP contribution in [-0.2, 0) is 9.47 Å². The first-order valence-corrected chi connectivity index (χ1v) is 6.74. The van der Waals surface area contributed by atoms with E-state index in [1.54, 1.807) is 14.2 Å². The van der Waals surface area contributed by atoms with Gasteiger partial charge < -0.3 is 19.4 Å². The molecule has 0 spiro atoms. The van der Waals surface area contributed by atoms with Crippen LogP contribution in [0.15, 0.2) is 11.1 Å². The monoisotopic (exact) mass is 367 g/mol. The Morgan fingerprint density at radius 3 is 2.72 bits per heavy atom. The first kappa shape index (κ1) is 15.4. The quantitative estimate of drug-likeness (QED) is 0.546. The summed E-state index contributed by atoms with van der Waals surface area (Å²) in [5.74, 6) is 0.701. The van der Waals surface area contributed by atoms with E-state index in [0.717, 1.165) is 13.0 Å². The molecule has 0 saturated heterocycles. The van der Waals surface area contributed by atoms with Crippen molar-refractivity contribution in [3.63, 3.8) is 0 Å². The van der Waals surface area contributed by atoms with Gasteiger partial charge in [-0.25, -0.2) is 4.98 Å². The van der Waals surface area contributed by atoms with Crippen LogP contribution in [-0.4, -0.2) is 50.5 Å². The van der Waals surface area contributed by atoms with Crippen molar-refractivity contribution < 1.29 is 9.47 Å². The number of H-pyrrole nitrogens is 1. The molecule has 0 aliphatic carbocycles. The SMILES string of the molecule is COCCCN(CCOC)c1nc[nH]c(=O)c1I. The highest BCUT2D eigenvalue weighted by atomic mass is 127. The van der Waals surface area contributed by atoms with Crippen LogP contribution in [0.3, 0.4) is 0 Å². The molecule has 1 heterocycles. The summed E-state index contributed by atoms with van der Waals surface area (Å²) in [5.41, 5.74) is -0.116. The molecule has 0 aliphatic rings. The van der Waals surface area contributed by atoms with E-state index in [-0.39, 0.29) is 5.56 Å². The molecular formula is C11H18IN3O3. The molecule has 0 amide bonds. The van der Waals surface area contributed by atoms with Gasteiger partial charge in [0.2, 0.25) is 0 Å². The van der Waals surface area contributed by atoms with E-state index in [1.807, 2.05) is 27.5 Å². The lowest BCUT2D eigenvalue weighted by molar-refractivity contribution is 0.191. The zero-order valence-electron chi connectivity index (χ0n) is 10.6. The number of methoxy groups -OCH3 is 2. The molecule has 0 unspecified atom stereocenters. The molecule has 1 rings (SSSR count). The highest BCUT2D eigenvalue weighted by molar-refractivity contribution is 14.1. The van der Waals surface area contributed by atoms with E-state index in [9.17, 15) is 4.79 Å². The van der Waals surface area contributed by atoms with Crippen LogP contribution in [0.1, 0.15) is 6.42 Å². The highest BCUT2D eigenvalue weighted by Gasteiger charge is 2.13. The van der Waals surface area contributed by atoms with Gasteiger partial charge in [0.15, 0.2) is 0 Å². The normalized spacial score (nSPS) is 10.6. The van der Waals surface area contributed by atoms with Gasteiger partial charge in [0.05, 0.1) is 12.9 Å². The molecule has 1 aromatic heterocycles. The second-order valence-electron chi connectivity index (χ2n) is 3.70. The fraction of sp³-hybridized carbons (Fsp3) is 0.636. The smallest absolute Gasteiger partial charge is 0.266 e. The number of halogens is 1. The Hall–Kier alpha value is -0.670. The van der Waals surface area contributed by atoms with Gasteiger partial charge in [-0.15, -0.1) is 0 Å². The number of hydrogen-bond donors (Lipinski definition) is 1. The third-order valence-electron chi connectivity index (χ3n) is 2.42. The van der Waals surface area contributed by atoms with E-state index in [4.69, 9.17) is 9.47 Å². The lowest BCUT2D eigenvalue weighted by Gasteiger charge is -2.23. The van der Waals surface area contributed by atoms with E-state index >= 15 is 0 Å². The highest BCUT2D eigenvalue weighted by Crippen LogP contribution is 2.15. The van der Waals surface area contributed by atoms with E-state index < -0.39 is 0 Å². The van der Waals surface area contributed by atoms with Crippen LogP contribution in [0.4, 0.5) is 5.82 Å². The third kappa shape index (κ3) is 4.54. The fourth-order valence-corrected chi connectivity index (χ4v) is 2.16. The number of ether oxygens (including phenoxy) is 2. The molecule has 18 heavy (non-hydrogen) atoms. The van der Waals surface area contributed by atoms with Crippen molar-refractivity contribution in [1.82, 2.24) is 9.97 Å². The predicted molar refractivity (Wildman–Crippen MR) is 78.2 cm³/mol. The summed E-state index contributed by atoms with van der Waals surface area (Å²) in [6, 6.07) is 0. The summed E-state index contributed by atoms with van der Waals surface area (Å²) in [7, 11) is 3.33. The van der Waals surface area contributed by atoms with Gasteiger partial charge in [-0.3, -0.25) is 4.79 Å². The summed E-state index contributed by atoms with van der Waals surface area (Å²) in [6.07, 6.45) is 2.31. The standard InChI is InChI=1S/C11H18IN3O3/c1-17-6-3-4-15(5-7-18-2)10-9(12)11(16)14-8-13-10/h8H,3-7H2,1-2H3,(H,13,14,16). The van der Waals surface area contributed by atoms with E-state index in [2.05, 4.69) is 9.97 Å². The lowest BCUT2D eigenvalue weighted by Crippen LogP contribution is -2.32. The minimum atomic E-state index is -0.116. The number of aromatic nitrogens is 2. The molecule has 1 N–H and O–H groups in total. The maximum Gasteiger partial charge on any atom is 0.266 e. The van der Waals surface area contributed by atoms with Crippen molar-refractivity contribution in [3.8, 4) is 0 Å². The average molecular weight is 367 g/mol. The van der Waals surface area contributed by atoms with Crippen molar-refractivity contribution in [3.05, 3.63) is 20.3 Å². The second kappa shape index (κ2) is 8.44. The zero-order chi connectivity index (χ0) is 13.4. The van der Waals surface area contributed by atoms with Gasteiger partial charge in [-0.05, 0) is 29.0 Å². The molecule has 0 fully saturated rings. The maximum absolute atomic E-state index is 11.6. The number of nitrogens with zero attached hydrogens (tertiary/aromatic N) is 2. The second-order valence-corrected chi connectivity index (χ2v) is 4.77. The van der Waals surface area contributed by atoms with Crippen molar-refractivity contribution in [2.45, 2.75) is 6.42 Å². The number of rotatable bonds is 8. The topological polar surface area (TPSA) is 67.5 Å². The molecule has 0 bridgehead atoms. The lowest BCUT2D eigenvalue weighted by atomic mass is 10.3. The minimum Gasteiger partial charge on any atom is -0.385 e. The van der Waals surface area contributed by atoms with E-state index in [0.29, 0.717) is 29.1 Å². The summed E-state index contributed by atoms with van der Waals surface area (Å²) in [6.45, 7) is 2.76. The van der Waals surface area contributed by atoms with Crippen LogP contribution < -0.4 is 10.5 Å². The van der Waals surface area contributed by atoms with Gasteiger partial charge in [-0.2, -0.15) is 0 Å². The Kier molecular flexibility index (Phi) is 7.21. The van der Waals surface area contributed by atoms with Gasteiger partial charge in [-0.1, -0.05) is 0 Å². The summed E-state index contributed by atoms with van der Waals surface area (Å²) >= 11 is 2.01. The van der Waals surface area contributed by atoms with E-state index in [1.165, 1.54) is 6.33 Å². The number of aromatic amines is 1. The van der Waals surface area contributed by atoms with Crippen LogP contribution in [0.2, 0.25) is 0 Å². The zero-order valence-corrected chi connectivity index (χ0v) is 12.8. The molecule has 0 aromatic carbocycles. The Morgan fingerprint density at radius 2 is 2.06 bits per heavy atom. The first-order chi connectivity index (χ1) is 8.70. The summed E-state index contributed by atoms with van der Waals surface area (Å²) in [5, 5.41) is 0. The van der Waals surface area contributed by atoms with Crippen LogP contribution in [0, 0.1) is 3.57 Å². The predicted octanol–water partition coefficient (Wildman–Crippen LogP) is 0.864. The Labute approximate surface area is 120 Å². The molecule has 0 atom stereocenters. The number of nitrogens with one attached hydrogen (secondary N) is 1. The molecule has 7 heteroatoms. The summed E-state index contributed by atoms with van der Waals surface area (Å²) in [4.78, 5) is 20.4. The Balaban J connectivity index is 2.79. The Morgan fingerprint density at radius 1 is 1.33 bits per heavy atom. The van der Waals surface area contributed by atoms with Crippen LogP contribution in [0.5, 0.6) is 0 Å². The van der Waals surface area contributed by atoms with Gasteiger partial charge >= 0.3 is 0 Å². The summed E-state index contributed by atoms with van der Waals surface area (Å²) < 4.78 is 10.7. The van der Waals surface area contributed by atoms with Crippen LogP contribution >= 0.6 is 22.6 Å². The molecule has 6 nitrogen and oxygen atoms in total. The van der Waals surface area contributed by atoms with Gasteiger partial charge in [0.25, 0.3) is 5.56 Å². The van der Waals surface area contributed by atoms with Crippen molar-refractivity contribution in [2.75, 3.05) is 45.4 Å². The molecule has 1 aromatic rings. The number of hydrogen-bond acceptors (Lipinski definition) is 5. The fourth-order valence-electron chi connectivity index (χ4n) is 1.52. The Bertz CT molecular complexity index is 411. The minimum absolute atomic E-state index is 0.116. The third-order valence-corrected chi connectivity index (χ3v) is 3.39. The first-order valence-electron chi connectivity index (χ1n) is 5.66. The van der Waals surface area contributed by atoms with Crippen LogP contribution in [0.25, 0.3) is 0 Å². The van der Waals surface area contributed by atoms with Crippen molar-refractivity contribution in [1.29, 1.82) is 0 Å². The number of anilines is 1. The van der Waals surface area contributed by atoms with Crippen molar-refractivity contribution >= 4 is 28.4 Å². The van der Waals surface area contributed by atoms with Crippen molar-refractivity contribution in [2.24, 2.45) is 0 Å². The maximum atomic E-state index is 11.6.